The number of amides is 4. The molecule has 6 N–H and O–H groups in total. The lowest BCUT2D eigenvalue weighted by Gasteiger charge is -2.33. The van der Waals surface area contributed by atoms with Crippen LogP contribution in [0.3, 0.4) is 0 Å². The van der Waals surface area contributed by atoms with E-state index in [4.69, 9.17) is 25.2 Å². The second kappa shape index (κ2) is 55.8. The SMILES string of the molecule is CCCCCC(=O)C=C[C@H]1CCCC(=O)N1CC=CCCCC(=O)O.CCCOCC(O)C=C[C@H]1CCCC(=O)N1CC=CCCCC(=O)O.Cc1cccc(CC(O)C=C[C@H]2CCCC(=O)N2CC=CCCCC(=O)O)c1.O=C(O)CCCC=CCN1C(=O)CCC[C@@H]1C=CC(=O)Cc1ccccc1. The molecule has 0 saturated carbocycles. The number of aliphatic hydroxyl groups excluding tert-OH is 2. The number of ether oxygens (including phenoxy) is 1. The highest BCUT2D eigenvalue weighted by molar-refractivity contribution is 5.92. The van der Waals surface area contributed by atoms with E-state index in [-0.39, 0.29) is 91.7 Å². The van der Waals surface area contributed by atoms with E-state index in [0.29, 0.717) is 129 Å². The molecule has 4 fully saturated rings. The van der Waals surface area contributed by atoms with E-state index in [1.165, 1.54) is 5.56 Å². The van der Waals surface area contributed by atoms with Crippen molar-refractivity contribution in [1.29, 1.82) is 0 Å². The normalized spacial score (nSPS) is 18.7. The van der Waals surface area contributed by atoms with Crippen LogP contribution in [0.4, 0.5) is 0 Å². The van der Waals surface area contributed by atoms with E-state index in [9.17, 15) is 58.2 Å². The molecule has 21 nitrogen and oxygen atoms in total. The molecule has 2 aromatic rings. The van der Waals surface area contributed by atoms with Crippen molar-refractivity contribution in [2.45, 2.75) is 256 Å². The molecule has 2 aromatic carbocycles. The van der Waals surface area contributed by atoms with Crippen molar-refractivity contribution < 1.29 is 83.3 Å². The van der Waals surface area contributed by atoms with Crippen molar-refractivity contribution in [2.75, 3.05) is 39.4 Å². The predicted octanol–water partition coefficient (Wildman–Crippen LogP) is 13.6. The van der Waals surface area contributed by atoms with Gasteiger partial charge in [-0.1, -0.05) is 172 Å². The Morgan fingerprint density at radius 2 is 0.829 bits per heavy atom. The first-order valence-corrected chi connectivity index (χ1v) is 38.1. The minimum atomic E-state index is -0.792. The van der Waals surface area contributed by atoms with Crippen molar-refractivity contribution in [3.8, 4) is 0 Å². The molecule has 578 valence electrons. The second-order valence-electron chi connectivity index (χ2n) is 27.0. The molecule has 105 heavy (non-hydrogen) atoms. The first-order valence-electron chi connectivity index (χ1n) is 38.1. The van der Waals surface area contributed by atoms with Crippen molar-refractivity contribution in [2.24, 2.45) is 0 Å². The van der Waals surface area contributed by atoms with E-state index < -0.39 is 36.1 Å². The summed E-state index contributed by atoms with van der Waals surface area (Å²) in [4.78, 5) is 122. The van der Waals surface area contributed by atoms with Crippen LogP contribution < -0.4 is 0 Å². The zero-order valence-electron chi connectivity index (χ0n) is 62.5. The quantitative estimate of drug-likeness (QED) is 0.0204. The molecule has 21 heteroatoms. The van der Waals surface area contributed by atoms with Crippen LogP contribution in [0, 0.1) is 6.92 Å². The van der Waals surface area contributed by atoms with Gasteiger partial charge < -0.3 is 55.0 Å². The highest BCUT2D eigenvalue weighted by atomic mass is 16.5. The Morgan fingerprint density at radius 3 is 1.21 bits per heavy atom. The molecule has 4 saturated heterocycles. The smallest absolute Gasteiger partial charge is 0.303 e. The zero-order valence-corrected chi connectivity index (χ0v) is 62.5. The molecule has 6 rings (SSSR count). The fourth-order valence-corrected chi connectivity index (χ4v) is 12.2. The maximum Gasteiger partial charge on any atom is 0.303 e. The van der Waals surface area contributed by atoms with Gasteiger partial charge in [0, 0.05) is 103 Å². The van der Waals surface area contributed by atoms with Crippen LogP contribution in [0.1, 0.15) is 217 Å². The Balaban J connectivity index is 0.000000364. The Kier molecular flexibility index (Phi) is 48.1. The fraction of sp³-hybridized carbons (Fsp3) is 0.548. The van der Waals surface area contributed by atoms with Crippen LogP contribution in [-0.4, -0.2) is 185 Å². The molecule has 0 aromatic heterocycles. The van der Waals surface area contributed by atoms with Gasteiger partial charge in [-0.15, -0.1) is 0 Å². The summed E-state index contributed by atoms with van der Waals surface area (Å²) in [5.41, 5.74) is 3.25. The summed E-state index contributed by atoms with van der Waals surface area (Å²) in [6.45, 7) is 9.12. The monoisotopic (exact) mass is 1460 g/mol. The highest BCUT2D eigenvalue weighted by Gasteiger charge is 2.29. The van der Waals surface area contributed by atoms with E-state index in [1.54, 1.807) is 29.2 Å². The maximum absolute atomic E-state index is 12.3. The van der Waals surface area contributed by atoms with Gasteiger partial charge >= 0.3 is 23.9 Å². The zero-order chi connectivity index (χ0) is 76.8. The van der Waals surface area contributed by atoms with Gasteiger partial charge in [0.1, 0.15) is 0 Å². The van der Waals surface area contributed by atoms with E-state index in [1.807, 2.05) is 150 Å². The number of unbranched alkanes of at least 4 members (excludes halogenated alkanes) is 6. The molecule has 0 bridgehead atoms. The van der Waals surface area contributed by atoms with E-state index in [2.05, 4.69) is 13.0 Å². The number of carboxylic acid groups (broad SMARTS) is 4. The molecule has 4 aliphatic rings. The van der Waals surface area contributed by atoms with Crippen LogP contribution >= 0.6 is 0 Å². The number of rotatable bonds is 44. The number of hydrogen-bond donors (Lipinski definition) is 6. The molecule has 4 aliphatic heterocycles. The summed E-state index contributed by atoms with van der Waals surface area (Å²) >= 11 is 0. The van der Waals surface area contributed by atoms with Crippen LogP contribution in [0.15, 0.2) is 152 Å². The molecule has 0 radical (unpaired) electrons. The average molecular weight is 1460 g/mol. The van der Waals surface area contributed by atoms with Gasteiger partial charge in [0.2, 0.25) is 23.6 Å². The molecular weight excluding hydrogens is 1340 g/mol. The third-order valence-corrected chi connectivity index (χ3v) is 17.9. The number of aliphatic carboxylic acids is 4. The number of likely N-dealkylation sites (tertiary alicyclic amines) is 4. The third-order valence-electron chi connectivity index (χ3n) is 17.9. The number of carbonyl (C=O) groups excluding carboxylic acids is 6. The van der Waals surface area contributed by atoms with Crippen molar-refractivity contribution in [3.63, 3.8) is 0 Å². The lowest BCUT2D eigenvalue weighted by Crippen LogP contribution is -2.42. The number of piperidine rings is 4. The van der Waals surface area contributed by atoms with Gasteiger partial charge in [-0.25, -0.2) is 0 Å². The summed E-state index contributed by atoms with van der Waals surface area (Å²) < 4.78 is 5.32. The summed E-state index contributed by atoms with van der Waals surface area (Å²) in [5, 5.41) is 54.7. The first-order chi connectivity index (χ1) is 50.6. The number of carbonyl (C=O) groups is 10. The summed E-state index contributed by atoms with van der Waals surface area (Å²) in [7, 11) is 0. The van der Waals surface area contributed by atoms with Gasteiger partial charge in [-0.2, -0.15) is 0 Å². The first kappa shape index (κ1) is 90.6. The van der Waals surface area contributed by atoms with E-state index in [0.717, 1.165) is 88.2 Å². The summed E-state index contributed by atoms with van der Waals surface area (Å²) in [5.74, 6) is -2.51. The largest absolute Gasteiger partial charge is 0.481 e. The van der Waals surface area contributed by atoms with Crippen molar-refractivity contribution >= 4 is 59.1 Å². The molecule has 4 heterocycles. The molecule has 0 spiro atoms. The van der Waals surface area contributed by atoms with Crippen LogP contribution in [-0.2, 0) is 65.5 Å². The number of hydrogen-bond acceptors (Lipinski definition) is 13. The predicted molar refractivity (Wildman–Crippen MR) is 409 cm³/mol. The standard InChI is InChI=1S/C23H31NO4.C22H27NO4.C20H31NO4.C19H31NO5/c1-18-8-6-9-19(16-18)17-21(25)14-13-20-10-7-11-22(26)24(20)15-5-3-2-4-12-23(27)28;24-20(17-18-9-4-3-5-10-18)15-14-19-11-8-12-21(25)23(19)16-7-2-1-6-13-22(26)27;1-2-3-6-11-18(22)15-14-17-10-9-12-19(23)21(17)16-8-5-4-7-13-20(24)25;1-2-14-25-15-17(21)12-11-16-8-7-9-18(22)20(16)13-6-4-3-5-10-19(23)24/h3,5-6,8-9,13-14,16,20-21,25H,2,4,7,10-12,15,17H2,1H3,(H,27,28);2-5,7,9-10,14-15,19H,1,6,8,11-13,16-17H2,(H,26,27);5,8,14-15,17H,2-4,6-7,9-13,16H2,1H3,(H,24,25);4,6,11-12,16-17,21H,2-3,5,7-10,13-15H2,1H3,(H,23,24)/t20-,21?;19-;17-;16-,17?/m1111/s1. The Hall–Kier alpha value is -8.66. The van der Waals surface area contributed by atoms with Crippen LogP contribution in [0.25, 0.3) is 0 Å². The van der Waals surface area contributed by atoms with Crippen molar-refractivity contribution in [1.82, 2.24) is 19.6 Å². The number of allylic oxidation sites excluding steroid dienone is 6. The van der Waals surface area contributed by atoms with Gasteiger partial charge in [-0.3, -0.25) is 47.9 Å². The fourth-order valence-electron chi connectivity index (χ4n) is 12.2. The third kappa shape index (κ3) is 42.8. The van der Waals surface area contributed by atoms with E-state index >= 15 is 0 Å². The molecule has 0 aliphatic carbocycles. The van der Waals surface area contributed by atoms with Gasteiger partial charge in [-0.05, 0) is 146 Å². The number of nitrogens with zero attached hydrogens (tertiary/aromatic N) is 4. The number of benzene rings is 2. The minimum absolute atomic E-state index is 0.00270. The van der Waals surface area contributed by atoms with Gasteiger partial charge in [0.25, 0.3) is 0 Å². The lowest BCUT2D eigenvalue weighted by molar-refractivity contribution is -0.138. The lowest BCUT2D eigenvalue weighted by atomic mass is 9.99. The molecule has 2 unspecified atom stereocenters. The number of ketones is 2. The topological polar surface area (TPSA) is 314 Å². The Labute approximate surface area is 623 Å². The average Bonchev–Trinajstić information content (AvgIpc) is 0.875. The highest BCUT2D eigenvalue weighted by Crippen LogP contribution is 2.24. The molecular formula is C84H120N4O17. The molecule has 4 amide bonds. The summed E-state index contributed by atoms with van der Waals surface area (Å²) in [6.07, 6.45) is 49.0. The van der Waals surface area contributed by atoms with Crippen LogP contribution in [0.2, 0.25) is 0 Å². The maximum atomic E-state index is 12.3. The van der Waals surface area contributed by atoms with Gasteiger partial charge in [0.05, 0.1) is 43.0 Å². The number of aliphatic hydroxyl groups is 2. The number of carboxylic acids is 4. The number of aryl methyl sites for hydroxylation is 1. The minimum Gasteiger partial charge on any atom is -0.481 e. The van der Waals surface area contributed by atoms with Gasteiger partial charge in [0.15, 0.2) is 11.6 Å². The second-order valence-corrected chi connectivity index (χ2v) is 27.0. The Morgan fingerprint density at radius 1 is 0.448 bits per heavy atom. The molecule has 6 atom stereocenters. The Bertz CT molecular complexity index is 3190. The van der Waals surface area contributed by atoms with Crippen molar-refractivity contribution in [3.05, 3.63) is 169 Å². The van der Waals surface area contributed by atoms with Crippen LogP contribution in [0.5, 0.6) is 0 Å². The summed E-state index contributed by atoms with van der Waals surface area (Å²) in [6, 6.07) is 17.6.